The predicted octanol–water partition coefficient (Wildman–Crippen LogP) is 3.73. The molecule has 134 valence electrons. The highest BCUT2D eigenvalue weighted by molar-refractivity contribution is 8.00. The van der Waals surface area contributed by atoms with E-state index in [0.717, 1.165) is 15.2 Å². The number of thioether (sulfide) groups is 1. The first-order valence-corrected chi connectivity index (χ1v) is 9.23. The van der Waals surface area contributed by atoms with Crippen LogP contribution < -0.4 is 10.1 Å². The van der Waals surface area contributed by atoms with Crippen molar-refractivity contribution < 1.29 is 14.5 Å². The molecular weight excluding hydrogens is 376 g/mol. The molecule has 0 radical (unpaired) electrons. The summed E-state index contributed by atoms with van der Waals surface area (Å²) in [6.45, 7) is 1.76. The van der Waals surface area contributed by atoms with Crippen LogP contribution in [0.1, 0.15) is 6.92 Å². The predicted molar refractivity (Wildman–Crippen MR) is 101 cm³/mol. The summed E-state index contributed by atoms with van der Waals surface area (Å²) in [5.41, 5.74) is 0.266. The fraction of sp³-hybridized carbons (Fsp3) is 0.188. The van der Waals surface area contributed by atoms with Gasteiger partial charge in [0.1, 0.15) is 21.9 Å². The number of amides is 1. The lowest BCUT2D eigenvalue weighted by Gasteiger charge is -2.14. The number of ether oxygens (including phenoxy) is 1. The van der Waals surface area contributed by atoms with E-state index in [2.05, 4.69) is 15.3 Å². The number of benzene rings is 1. The third kappa shape index (κ3) is 3.75. The first-order valence-electron chi connectivity index (χ1n) is 7.47. The molecule has 0 aliphatic heterocycles. The third-order valence-corrected chi connectivity index (χ3v) is 5.47. The van der Waals surface area contributed by atoms with Crippen molar-refractivity contribution in [2.45, 2.75) is 17.2 Å². The van der Waals surface area contributed by atoms with Gasteiger partial charge in [-0.1, -0.05) is 11.8 Å². The van der Waals surface area contributed by atoms with Crippen molar-refractivity contribution in [2.75, 3.05) is 12.4 Å². The minimum absolute atomic E-state index is 0.108. The van der Waals surface area contributed by atoms with Crippen LogP contribution in [0.25, 0.3) is 10.2 Å². The Morgan fingerprint density at radius 2 is 2.19 bits per heavy atom. The number of aromatic nitrogens is 2. The number of carbonyl (C=O) groups is 1. The molecule has 0 aliphatic rings. The quantitative estimate of drug-likeness (QED) is 0.296. The van der Waals surface area contributed by atoms with Gasteiger partial charge in [-0.05, 0) is 24.4 Å². The van der Waals surface area contributed by atoms with Crippen LogP contribution in [0.3, 0.4) is 0 Å². The number of anilines is 1. The normalized spacial score (nSPS) is 11.9. The van der Waals surface area contributed by atoms with Gasteiger partial charge in [-0.25, -0.2) is 9.97 Å². The topological polar surface area (TPSA) is 107 Å². The van der Waals surface area contributed by atoms with Gasteiger partial charge in [0.25, 0.3) is 5.69 Å². The lowest BCUT2D eigenvalue weighted by molar-refractivity contribution is -0.384. The number of non-ortho nitro benzene ring substituents is 1. The van der Waals surface area contributed by atoms with Crippen LogP contribution in [-0.2, 0) is 4.79 Å². The Morgan fingerprint density at radius 3 is 2.92 bits per heavy atom. The van der Waals surface area contributed by atoms with Gasteiger partial charge in [-0.15, -0.1) is 11.3 Å². The summed E-state index contributed by atoms with van der Waals surface area (Å²) < 4.78 is 5.14. The minimum atomic E-state index is -0.520. The molecule has 0 spiro atoms. The summed E-state index contributed by atoms with van der Waals surface area (Å²) in [6, 6.07) is 5.96. The van der Waals surface area contributed by atoms with Gasteiger partial charge in [0.05, 0.1) is 29.0 Å². The van der Waals surface area contributed by atoms with E-state index in [1.165, 1.54) is 54.7 Å². The molecule has 10 heteroatoms. The van der Waals surface area contributed by atoms with E-state index in [1.807, 2.05) is 11.4 Å². The minimum Gasteiger partial charge on any atom is -0.494 e. The van der Waals surface area contributed by atoms with Crippen LogP contribution in [0.5, 0.6) is 5.75 Å². The lowest BCUT2D eigenvalue weighted by atomic mass is 10.2. The van der Waals surface area contributed by atoms with Crippen LogP contribution in [-0.4, -0.2) is 33.2 Å². The van der Waals surface area contributed by atoms with Crippen molar-refractivity contribution >= 4 is 50.6 Å². The SMILES string of the molecule is COc1cc([N+](=O)[O-])ccc1NC(=O)[C@H](C)Sc1ncnc2sccc12. The monoisotopic (exact) mass is 390 g/mol. The molecular formula is C16H14N4O4S2. The number of nitrogens with one attached hydrogen (secondary N) is 1. The molecule has 1 atom stereocenters. The van der Waals surface area contributed by atoms with Gasteiger partial charge in [0, 0.05) is 11.5 Å². The molecule has 26 heavy (non-hydrogen) atoms. The van der Waals surface area contributed by atoms with Gasteiger partial charge in [0.15, 0.2) is 0 Å². The van der Waals surface area contributed by atoms with E-state index < -0.39 is 10.2 Å². The Morgan fingerprint density at radius 1 is 1.38 bits per heavy atom. The Balaban J connectivity index is 1.75. The zero-order valence-corrected chi connectivity index (χ0v) is 15.5. The van der Waals surface area contributed by atoms with Gasteiger partial charge in [-0.3, -0.25) is 14.9 Å². The van der Waals surface area contributed by atoms with Gasteiger partial charge in [0.2, 0.25) is 5.91 Å². The molecule has 0 bridgehead atoms. The molecule has 3 rings (SSSR count). The Hall–Kier alpha value is -2.72. The maximum atomic E-state index is 12.5. The van der Waals surface area contributed by atoms with E-state index in [-0.39, 0.29) is 17.3 Å². The third-order valence-electron chi connectivity index (χ3n) is 3.54. The lowest BCUT2D eigenvalue weighted by Crippen LogP contribution is -2.22. The molecule has 0 saturated heterocycles. The average Bonchev–Trinajstić information content (AvgIpc) is 3.11. The molecule has 1 aromatic carbocycles. The number of nitro groups is 1. The number of nitrogens with zero attached hydrogens (tertiary/aromatic N) is 3. The summed E-state index contributed by atoms with van der Waals surface area (Å²) >= 11 is 2.83. The molecule has 0 fully saturated rings. The van der Waals surface area contributed by atoms with Crippen molar-refractivity contribution in [3.63, 3.8) is 0 Å². The number of hydrogen-bond acceptors (Lipinski definition) is 8. The summed E-state index contributed by atoms with van der Waals surface area (Å²) in [5, 5.41) is 16.7. The standard InChI is InChI=1S/C16H14N4O4S2/c1-9(26-16-11-5-6-25-15(11)17-8-18-16)14(21)19-12-4-3-10(20(22)23)7-13(12)24-2/h3-9H,1-2H3,(H,19,21)/t9-/m0/s1. The molecule has 1 amide bonds. The second-order valence-corrected chi connectivity index (χ2v) is 7.43. The van der Waals surface area contributed by atoms with Gasteiger partial charge >= 0.3 is 0 Å². The highest BCUT2D eigenvalue weighted by atomic mass is 32.2. The van der Waals surface area contributed by atoms with Crippen molar-refractivity contribution in [3.8, 4) is 5.75 Å². The summed E-state index contributed by atoms with van der Waals surface area (Å²) in [7, 11) is 1.39. The molecule has 8 nitrogen and oxygen atoms in total. The fourth-order valence-electron chi connectivity index (χ4n) is 2.21. The molecule has 2 aromatic heterocycles. The first kappa shape index (κ1) is 18.1. The van der Waals surface area contributed by atoms with Crippen molar-refractivity contribution in [3.05, 3.63) is 46.1 Å². The van der Waals surface area contributed by atoms with E-state index in [4.69, 9.17) is 4.74 Å². The van der Waals surface area contributed by atoms with Crippen LogP contribution in [0.4, 0.5) is 11.4 Å². The summed E-state index contributed by atoms with van der Waals surface area (Å²) in [5.74, 6) is -0.0313. The van der Waals surface area contributed by atoms with Crippen LogP contribution in [0, 0.1) is 10.1 Å². The number of nitro benzene ring substituents is 1. The van der Waals surface area contributed by atoms with E-state index >= 15 is 0 Å². The second kappa shape index (κ2) is 7.67. The summed E-state index contributed by atoms with van der Waals surface area (Å²) in [6.07, 6.45) is 1.48. The number of hydrogen-bond donors (Lipinski definition) is 1. The summed E-state index contributed by atoms with van der Waals surface area (Å²) in [4.78, 5) is 32.2. The first-order chi connectivity index (χ1) is 12.5. The van der Waals surface area contributed by atoms with E-state index in [0.29, 0.717) is 5.69 Å². The number of rotatable bonds is 6. The largest absolute Gasteiger partial charge is 0.494 e. The van der Waals surface area contributed by atoms with Gasteiger partial charge in [-0.2, -0.15) is 0 Å². The Bertz CT molecular complexity index is 976. The number of thiophene rings is 1. The molecule has 0 aliphatic carbocycles. The van der Waals surface area contributed by atoms with Crippen LogP contribution in [0.2, 0.25) is 0 Å². The fourth-order valence-corrected chi connectivity index (χ4v) is 3.91. The molecule has 0 unspecified atom stereocenters. The van der Waals surface area contributed by atoms with E-state index in [1.54, 1.807) is 6.92 Å². The van der Waals surface area contributed by atoms with Crippen LogP contribution >= 0.6 is 23.1 Å². The van der Waals surface area contributed by atoms with E-state index in [9.17, 15) is 14.9 Å². The molecule has 2 heterocycles. The second-order valence-electron chi connectivity index (χ2n) is 5.21. The van der Waals surface area contributed by atoms with Crippen molar-refractivity contribution in [1.29, 1.82) is 0 Å². The molecule has 3 aromatic rings. The highest BCUT2D eigenvalue weighted by Crippen LogP contribution is 2.32. The van der Waals surface area contributed by atoms with Crippen LogP contribution in [0.15, 0.2) is 41.0 Å². The molecule has 0 saturated carbocycles. The number of carbonyl (C=O) groups excluding carboxylic acids is 1. The highest BCUT2D eigenvalue weighted by Gasteiger charge is 2.20. The Labute approximate surface area is 156 Å². The number of fused-ring (bicyclic) bond motifs is 1. The maximum Gasteiger partial charge on any atom is 0.273 e. The smallest absolute Gasteiger partial charge is 0.273 e. The molecule has 1 N–H and O–H groups in total. The number of methoxy groups -OCH3 is 1. The zero-order chi connectivity index (χ0) is 18.7. The van der Waals surface area contributed by atoms with Crippen molar-refractivity contribution in [1.82, 2.24) is 9.97 Å². The average molecular weight is 390 g/mol. The Kier molecular flexibility index (Phi) is 5.33. The maximum absolute atomic E-state index is 12.5. The zero-order valence-electron chi connectivity index (χ0n) is 13.8. The van der Waals surface area contributed by atoms with Crippen molar-refractivity contribution in [2.24, 2.45) is 0 Å². The van der Waals surface area contributed by atoms with Gasteiger partial charge < -0.3 is 10.1 Å².